The number of hydrogen-bond donors (Lipinski definition) is 1. The number of carbonyl (C=O) groups is 2. The number of anilines is 2. The topological polar surface area (TPSA) is 73.2 Å². The normalized spacial score (nSPS) is 16.9. The number of benzene rings is 3. The lowest BCUT2D eigenvalue weighted by Gasteiger charge is -2.19. The zero-order chi connectivity index (χ0) is 23.4. The number of hydrogen-bond acceptors (Lipinski definition) is 4. The van der Waals surface area contributed by atoms with Crippen LogP contribution >= 0.6 is 11.8 Å². The van der Waals surface area contributed by atoms with Gasteiger partial charge in [-0.1, -0.05) is 72.4 Å². The standard InChI is InChI=1S/C27H23N3O2S/c1-18-10-9-15-23(19(18)2)29-25(31)22(17-28)27-30(21-13-7-4-8-14-21)26(32)24(33-27)16-20-11-5-3-6-12-20/h3-15,24H,16H2,1-2H3,(H,29,31). The van der Waals surface area contributed by atoms with Gasteiger partial charge in [0.1, 0.15) is 16.7 Å². The highest BCUT2D eigenvalue weighted by atomic mass is 32.2. The zero-order valence-corrected chi connectivity index (χ0v) is 19.2. The number of carbonyl (C=O) groups excluding carboxylic acids is 2. The summed E-state index contributed by atoms with van der Waals surface area (Å²) in [5.74, 6) is -0.667. The molecule has 1 unspecified atom stereocenters. The molecule has 0 aromatic heterocycles. The lowest BCUT2D eigenvalue weighted by Crippen LogP contribution is -2.30. The number of aryl methyl sites for hydroxylation is 1. The van der Waals surface area contributed by atoms with E-state index < -0.39 is 11.2 Å². The molecule has 1 N–H and O–H groups in total. The third kappa shape index (κ3) is 4.69. The lowest BCUT2D eigenvalue weighted by atomic mass is 10.1. The molecule has 1 aliphatic heterocycles. The van der Waals surface area contributed by atoms with Crippen LogP contribution in [-0.4, -0.2) is 17.1 Å². The molecule has 0 radical (unpaired) electrons. The van der Waals surface area contributed by atoms with Gasteiger partial charge in [-0.25, -0.2) is 0 Å². The van der Waals surface area contributed by atoms with Crippen molar-refractivity contribution in [1.29, 1.82) is 5.26 Å². The van der Waals surface area contributed by atoms with E-state index in [1.54, 1.807) is 18.2 Å². The van der Waals surface area contributed by atoms with Gasteiger partial charge >= 0.3 is 0 Å². The Labute approximate surface area is 197 Å². The van der Waals surface area contributed by atoms with Crippen LogP contribution in [0, 0.1) is 25.2 Å². The van der Waals surface area contributed by atoms with E-state index in [2.05, 4.69) is 11.4 Å². The van der Waals surface area contributed by atoms with Crippen molar-refractivity contribution in [3.8, 4) is 6.07 Å². The summed E-state index contributed by atoms with van der Waals surface area (Å²) in [7, 11) is 0. The molecule has 5 nitrogen and oxygen atoms in total. The maximum Gasteiger partial charge on any atom is 0.269 e. The smallest absolute Gasteiger partial charge is 0.269 e. The maximum atomic E-state index is 13.5. The average molecular weight is 454 g/mol. The summed E-state index contributed by atoms with van der Waals surface area (Å²) >= 11 is 1.27. The van der Waals surface area contributed by atoms with Crippen LogP contribution in [0.4, 0.5) is 11.4 Å². The Morgan fingerprint density at radius 1 is 1.00 bits per heavy atom. The van der Waals surface area contributed by atoms with Gasteiger partial charge in [-0.3, -0.25) is 14.5 Å². The third-order valence-corrected chi connectivity index (χ3v) is 6.90. The van der Waals surface area contributed by atoms with Gasteiger partial charge in [0.25, 0.3) is 5.91 Å². The first-order chi connectivity index (χ1) is 16.0. The van der Waals surface area contributed by atoms with Crippen molar-refractivity contribution in [2.24, 2.45) is 0 Å². The summed E-state index contributed by atoms with van der Waals surface area (Å²) in [6, 6.07) is 26.6. The second-order valence-corrected chi connectivity index (χ2v) is 8.99. The largest absolute Gasteiger partial charge is 0.321 e. The molecular formula is C27H23N3O2S. The van der Waals surface area contributed by atoms with Crippen molar-refractivity contribution in [2.75, 3.05) is 10.2 Å². The van der Waals surface area contributed by atoms with E-state index in [4.69, 9.17) is 0 Å². The highest BCUT2D eigenvalue weighted by molar-refractivity contribution is 8.05. The minimum absolute atomic E-state index is 0.0753. The van der Waals surface area contributed by atoms with Gasteiger partial charge in [0.15, 0.2) is 0 Å². The molecule has 1 heterocycles. The fraction of sp³-hybridized carbons (Fsp3) is 0.148. The fourth-order valence-electron chi connectivity index (χ4n) is 3.70. The predicted molar refractivity (Wildman–Crippen MR) is 133 cm³/mol. The van der Waals surface area contributed by atoms with Crippen molar-refractivity contribution in [1.82, 2.24) is 0 Å². The molecule has 6 heteroatoms. The first-order valence-corrected chi connectivity index (χ1v) is 11.5. The van der Waals surface area contributed by atoms with E-state index in [9.17, 15) is 14.9 Å². The molecule has 4 rings (SSSR count). The first kappa shape index (κ1) is 22.4. The molecule has 0 saturated carbocycles. The Hall–Kier alpha value is -3.82. The minimum Gasteiger partial charge on any atom is -0.321 e. The molecule has 1 saturated heterocycles. The van der Waals surface area contributed by atoms with Crippen LogP contribution < -0.4 is 10.2 Å². The van der Waals surface area contributed by atoms with E-state index >= 15 is 0 Å². The summed E-state index contributed by atoms with van der Waals surface area (Å²) in [5.41, 5.74) is 4.20. The lowest BCUT2D eigenvalue weighted by molar-refractivity contribution is -0.117. The molecule has 33 heavy (non-hydrogen) atoms. The molecule has 164 valence electrons. The summed E-state index contributed by atoms with van der Waals surface area (Å²) in [6.07, 6.45) is 0.508. The molecule has 3 aromatic carbocycles. The van der Waals surface area contributed by atoms with Crippen molar-refractivity contribution < 1.29 is 9.59 Å². The summed E-state index contributed by atoms with van der Waals surface area (Å²) in [5, 5.41) is 12.8. The van der Waals surface area contributed by atoms with Crippen LogP contribution in [0.1, 0.15) is 16.7 Å². The summed E-state index contributed by atoms with van der Waals surface area (Å²) < 4.78 is 0. The zero-order valence-electron chi connectivity index (χ0n) is 18.4. The van der Waals surface area contributed by atoms with E-state index in [1.807, 2.05) is 74.5 Å². The Kier molecular flexibility index (Phi) is 6.62. The number of nitrogens with one attached hydrogen (secondary N) is 1. The van der Waals surface area contributed by atoms with Crippen molar-refractivity contribution in [3.63, 3.8) is 0 Å². The van der Waals surface area contributed by atoms with E-state index in [0.29, 0.717) is 22.8 Å². The fourth-order valence-corrected chi connectivity index (χ4v) is 5.01. The van der Waals surface area contributed by atoms with E-state index in [-0.39, 0.29) is 11.5 Å². The van der Waals surface area contributed by atoms with Crippen LogP contribution in [0.5, 0.6) is 0 Å². The van der Waals surface area contributed by atoms with Crippen LogP contribution in [0.25, 0.3) is 0 Å². The van der Waals surface area contributed by atoms with E-state index in [0.717, 1.165) is 16.7 Å². The Morgan fingerprint density at radius 2 is 1.67 bits per heavy atom. The van der Waals surface area contributed by atoms with Gasteiger partial charge in [-0.2, -0.15) is 5.26 Å². The molecule has 1 fully saturated rings. The van der Waals surface area contributed by atoms with Gasteiger partial charge in [0, 0.05) is 11.4 Å². The molecule has 1 atom stereocenters. The van der Waals surface area contributed by atoms with Crippen LogP contribution in [-0.2, 0) is 16.0 Å². The van der Waals surface area contributed by atoms with Gasteiger partial charge < -0.3 is 5.32 Å². The molecular weight excluding hydrogens is 430 g/mol. The summed E-state index contributed by atoms with van der Waals surface area (Å²) in [6.45, 7) is 3.88. The number of para-hydroxylation sites is 1. The Morgan fingerprint density at radius 3 is 2.33 bits per heavy atom. The summed E-state index contributed by atoms with van der Waals surface area (Å²) in [4.78, 5) is 28.2. The molecule has 1 aliphatic rings. The number of rotatable bonds is 5. The van der Waals surface area contributed by atoms with Gasteiger partial charge in [-0.05, 0) is 55.2 Å². The quantitative estimate of drug-likeness (QED) is 0.416. The van der Waals surface area contributed by atoms with Gasteiger partial charge in [-0.15, -0.1) is 0 Å². The first-order valence-electron chi connectivity index (χ1n) is 10.6. The number of nitriles is 1. The van der Waals surface area contributed by atoms with Crippen LogP contribution in [0.3, 0.4) is 0 Å². The molecule has 2 amide bonds. The third-order valence-electron chi connectivity index (χ3n) is 5.64. The highest BCUT2D eigenvalue weighted by Crippen LogP contribution is 2.42. The maximum absolute atomic E-state index is 13.5. The highest BCUT2D eigenvalue weighted by Gasteiger charge is 2.40. The van der Waals surface area contributed by atoms with Crippen molar-refractivity contribution in [3.05, 3.63) is 106 Å². The van der Waals surface area contributed by atoms with Crippen molar-refractivity contribution in [2.45, 2.75) is 25.5 Å². The van der Waals surface area contributed by atoms with Gasteiger partial charge in [0.05, 0.1) is 5.25 Å². The molecule has 0 bridgehead atoms. The number of amides is 2. The van der Waals surface area contributed by atoms with Crippen molar-refractivity contribution >= 4 is 35.0 Å². The van der Waals surface area contributed by atoms with Crippen LogP contribution in [0.2, 0.25) is 0 Å². The average Bonchev–Trinajstić information content (AvgIpc) is 3.14. The number of nitrogens with zero attached hydrogens (tertiary/aromatic N) is 2. The number of thioether (sulfide) groups is 1. The molecule has 3 aromatic rings. The molecule has 0 aliphatic carbocycles. The Bertz CT molecular complexity index is 1260. The second-order valence-electron chi connectivity index (χ2n) is 7.80. The van der Waals surface area contributed by atoms with Crippen LogP contribution in [0.15, 0.2) is 89.5 Å². The predicted octanol–water partition coefficient (Wildman–Crippen LogP) is 5.37. The van der Waals surface area contributed by atoms with Gasteiger partial charge in [0.2, 0.25) is 5.91 Å². The monoisotopic (exact) mass is 453 g/mol. The molecule has 0 spiro atoms. The van der Waals surface area contributed by atoms with E-state index in [1.165, 1.54) is 16.7 Å². The minimum atomic E-state index is -0.525. The SMILES string of the molecule is Cc1cccc(NC(=O)C(C#N)=C2SC(Cc3ccccc3)C(=O)N2c2ccccc2)c1C. The second kappa shape index (κ2) is 9.76. The Balaban J connectivity index is 1.73.